The molecule has 0 aliphatic heterocycles. The highest BCUT2D eigenvalue weighted by molar-refractivity contribution is 6.10. The molecule has 0 unspecified atom stereocenters. The van der Waals surface area contributed by atoms with Gasteiger partial charge in [-0.3, -0.25) is 0 Å². The van der Waals surface area contributed by atoms with Crippen LogP contribution in [0.15, 0.2) is 206 Å². The molecule has 0 saturated carbocycles. The molecule has 296 valence electrons. The molecule has 0 N–H and O–H groups in total. The Balaban J connectivity index is 1.08. The number of hydrogen-bond donors (Lipinski definition) is 0. The van der Waals surface area contributed by atoms with Gasteiger partial charge in [-0.15, -0.1) is 0 Å². The third kappa shape index (κ3) is 5.29. The van der Waals surface area contributed by atoms with Gasteiger partial charge in [-0.2, -0.15) is 0 Å². The minimum atomic E-state index is -0.137. The number of hydrogen-bond acceptors (Lipinski definition) is 1. The number of fused-ring (bicyclic) bond motifs is 9. The fourth-order valence-corrected chi connectivity index (χ4v) is 10.9. The van der Waals surface area contributed by atoms with Crippen molar-refractivity contribution in [3.05, 3.63) is 229 Å². The monoisotopic (exact) mass is 794 g/mol. The van der Waals surface area contributed by atoms with Crippen molar-refractivity contribution in [3.63, 3.8) is 0 Å². The van der Waals surface area contributed by atoms with Gasteiger partial charge in [0.2, 0.25) is 0 Å². The van der Waals surface area contributed by atoms with Crippen LogP contribution >= 0.6 is 0 Å². The second-order valence-corrected chi connectivity index (χ2v) is 18.1. The minimum Gasteiger partial charge on any atom is -0.309 e. The predicted octanol–water partition coefficient (Wildman–Crippen LogP) is 16.2. The summed E-state index contributed by atoms with van der Waals surface area (Å²) < 4.78 is 2.41. The van der Waals surface area contributed by atoms with Crippen LogP contribution in [0.1, 0.15) is 49.9 Å². The Kier molecular flexibility index (Phi) is 7.96. The summed E-state index contributed by atoms with van der Waals surface area (Å²) >= 11 is 0. The van der Waals surface area contributed by atoms with E-state index in [1.807, 2.05) is 0 Å². The van der Waals surface area contributed by atoms with Gasteiger partial charge in [0, 0.05) is 44.1 Å². The molecule has 10 aromatic rings. The summed E-state index contributed by atoms with van der Waals surface area (Å²) in [5, 5.41) is 2.51. The van der Waals surface area contributed by atoms with E-state index >= 15 is 0 Å². The van der Waals surface area contributed by atoms with E-state index in [4.69, 9.17) is 0 Å². The normalized spacial score (nSPS) is 14.1. The van der Waals surface area contributed by atoms with Crippen LogP contribution in [-0.4, -0.2) is 4.57 Å². The van der Waals surface area contributed by atoms with Crippen LogP contribution in [0.3, 0.4) is 0 Å². The number of aromatic nitrogens is 1. The van der Waals surface area contributed by atoms with Crippen LogP contribution in [0.4, 0.5) is 17.1 Å². The van der Waals surface area contributed by atoms with Crippen molar-refractivity contribution >= 4 is 38.9 Å². The highest BCUT2D eigenvalue weighted by atomic mass is 15.1. The summed E-state index contributed by atoms with van der Waals surface area (Å²) in [6.45, 7) is 9.48. The molecule has 12 rings (SSSR count). The lowest BCUT2D eigenvalue weighted by molar-refractivity contribution is 0.660. The molecule has 0 spiro atoms. The molecule has 0 amide bonds. The Morgan fingerprint density at radius 1 is 0.355 bits per heavy atom. The van der Waals surface area contributed by atoms with E-state index in [0.29, 0.717) is 0 Å². The first-order chi connectivity index (χ1) is 30.3. The summed E-state index contributed by atoms with van der Waals surface area (Å²) in [7, 11) is 0. The quantitative estimate of drug-likeness (QED) is 0.163. The molecule has 1 aromatic heterocycles. The lowest BCUT2D eigenvalue weighted by atomic mass is 9.81. The van der Waals surface area contributed by atoms with Gasteiger partial charge < -0.3 is 9.47 Å². The summed E-state index contributed by atoms with van der Waals surface area (Å²) in [6, 6.07) is 76.6. The molecule has 0 saturated heterocycles. The maximum Gasteiger partial charge on any atom is 0.0547 e. The molecule has 0 fully saturated rings. The Labute approximate surface area is 364 Å². The molecular weight excluding hydrogens is 749 g/mol. The van der Waals surface area contributed by atoms with Gasteiger partial charge in [0.25, 0.3) is 0 Å². The van der Waals surface area contributed by atoms with E-state index in [2.05, 4.69) is 243 Å². The van der Waals surface area contributed by atoms with Gasteiger partial charge in [0.1, 0.15) is 0 Å². The standard InChI is InChI=1S/C60H46N2/c1-59(2)51-27-13-9-25-49(51)58-52(59)28-17-31-56(58)62(54-29-14-10-22-44(54)41-33-34-46-45-23-8-12-26-50(45)60(3,4)53(46)37-41)43-21-16-18-39(36-43)40-32-35-48-47-24-11-15-30-55(47)61(57(48)38-40)42-19-6-5-7-20-42/h5-38H,1-4H3. The molecule has 2 heteroatoms. The number of anilines is 3. The van der Waals surface area contributed by atoms with Crippen molar-refractivity contribution in [1.82, 2.24) is 4.57 Å². The second kappa shape index (κ2) is 13.5. The first-order valence-electron chi connectivity index (χ1n) is 21.9. The molecule has 0 radical (unpaired) electrons. The van der Waals surface area contributed by atoms with E-state index in [9.17, 15) is 0 Å². The van der Waals surface area contributed by atoms with E-state index in [-0.39, 0.29) is 10.8 Å². The number of rotatable bonds is 6. The van der Waals surface area contributed by atoms with Gasteiger partial charge in [0.05, 0.1) is 22.4 Å². The Morgan fingerprint density at radius 2 is 0.935 bits per heavy atom. The fraction of sp³-hybridized carbons (Fsp3) is 0.100. The molecule has 2 aliphatic carbocycles. The zero-order valence-corrected chi connectivity index (χ0v) is 35.5. The van der Waals surface area contributed by atoms with Crippen molar-refractivity contribution < 1.29 is 0 Å². The maximum atomic E-state index is 2.53. The topological polar surface area (TPSA) is 8.17 Å². The summed E-state index contributed by atoms with van der Waals surface area (Å²) in [4.78, 5) is 2.53. The number of nitrogens with zero attached hydrogens (tertiary/aromatic N) is 2. The van der Waals surface area contributed by atoms with Crippen molar-refractivity contribution in [2.75, 3.05) is 4.90 Å². The van der Waals surface area contributed by atoms with Gasteiger partial charge in [-0.25, -0.2) is 0 Å². The van der Waals surface area contributed by atoms with Crippen molar-refractivity contribution in [1.29, 1.82) is 0 Å². The highest BCUT2D eigenvalue weighted by Crippen LogP contribution is 2.56. The number of para-hydroxylation sites is 3. The zero-order valence-electron chi connectivity index (χ0n) is 35.5. The lowest BCUT2D eigenvalue weighted by Crippen LogP contribution is -2.16. The van der Waals surface area contributed by atoms with E-state index in [1.165, 1.54) is 94.3 Å². The van der Waals surface area contributed by atoms with Gasteiger partial charge in [-0.05, 0) is 110 Å². The summed E-state index contributed by atoms with van der Waals surface area (Å²) in [6.07, 6.45) is 0. The number of benzene rings is 9. The van der Waals surface area contributed by atoms with E-state index in [0.717, 1.165) is 17.1 Å². The maximum absolute atomic E-state index is 2.53. The van der Waals surface area contributed by atoms with Crippen LogP contribution in [0, 0.1) is 0 Å². The van der Waals surface area contributed by atoms with Crippen LogP contribution < -0.4 is 4.90 Å². The molecule has 9 aromatic carbocycles. The van der Waals surface area contributed by atoms with Gasteiger partial charge in [0.15, 0.2) is 0 Å². The smallest absolute Gasteiger partial charge is 0.0547 e. The zero-order chi connectivity index (χ0) is 41.7. The minimum absolute atomic E-state index is 0.103. The van der Waals surface area contributed by atoms with Crippen LogP contribution in [0.25, 0.3) is 72.0 Å². The molecule has 2 nitrogen and oxygen atoms in total. The highest BCUT2D eigenvalue weighted by Gasteiger charge is 2.39. The fourth-order valence-electron chi connectivity index (χ4n) is 10.9. The third-order valence-corrected chi connectivity index (χ3v) is 14.0. The molecule has 0 atom stereocenters. The Morgan fingerprint density at radius 3 is 1.77 bits per heavy atom. The van der Waals surface area contributed by atoms with Crippen molar-refractivity contribution in [2.24, 2.45) is 0 Å². The molecule has 0 bridgehead atoms. The largest absolute Gasteiger partial charge is 0.309 e. The average Bonchev–Trinajstić information content (AvgIpc) is 3.86. The molecular formula is C60H46N2. The van der Waals surface area contributed by atoms with E-state index < -0.39 is 0 Å². The van der Waals surface area contributed by atoms with Crippen LogP contribution in [0.2, 0.25) is 0 Å². The Bertz CT molecular complexity index is 3420. The van der Waals surface area contributed by atoms with E-state index in [1.54, 1.807) is 0 Å². The van der Waals surface area contributed by atoms with Crippen molar-refractivity contribution in [3.8, 4) is 50.2 Å². The average molecular weight is 795 g/mol. The summed E-state index contributed by atoms with van der Waals surface area (Å²) in [5.41, 5.74) is 22.3. The third-order valence-electron chi connectivity index (χ3n) is 14.0. The SMILES string of the molecule is CC1(C)c2ccccc2-c2ccc(-c3ccccc3N(c3cccc(-c4ccc5c6ccccc6n(-c6ccccc6)c5c4)c3)c3cccc4c3-c3ccccc3C4(C)C)cc21. The van der Waals surface area contributed by atoms with Crippen molar-refractivity contribution in [2.45, 2.75) is 38.5 Å². The van der Waals surface area contributed by atoms with Crippen LogP contribution in [-0.2, 0) is 10.8 Å². The first-order valence-corrected chi connectivity index (χ1v) is 21.9. The predicted molar refractivity (Wildman–Crippen MR) is 261 cm³/mol. The molecule has 1 heterocycles. The molecule has 62 heavy (non-hydrogen) atoms. The Hall–Kier alpha value is -7.42. The summed E-state index contributed by atoms with van der Waals surface area (Å²) in [5.74, 6) is 0. The van der Waals surface area contributed by atoms with Gasteiger partial charge >= 0.3 is 0 Å². The second-order valence-electron chi connectivity index (χ2n) is 18.1. The van der Waals surface area contributed by atoms with Gasteiger partial charge in [-0.1, -0.05) is 179 Å². The first kappa shape index (κ1) is 36.4. The molecule has 2 aliphatic rings. The van der Waals surface area contributed by atoms with Crippen LogP contribution in [0.5, 0.6) is 0 Å². The lowest BCUT2D eigenvalue weighted by Gasteiger charge is -2.31.